The monoisotopic (exact) mass is 301 g/mol. The maximum Gasteiger partial charge on any atom is 0.347 e. The van der Waals surface area contributed by atoms with Crippen molar-refractivity contribution in [1.29, 1.82) is 0 Å². The molecule has 0 fully saturated rings. The second-order valence-electron chi connectivity index (χ2n) is 3.11. The van der Waals surface area contributed by atoms with Crippen LogP contribution >= 0.6 is 22.6 Å². The van der Waals surface area contributed by atoms with Gasteiger partial charge in [-0.2, -0.15) is 0 Å². The summed E-state index contributed by atoms with van der Waals surface area (Å²) in [5.41, 5.74) is 1.34. The number of hydrogen-bond acceptors (Lipinski definition) is 3. The minimum absolute atomic E-state index is 0.302. The molecule has 72 valence electrons. The van der Waals surface area contributed by atoms with Crippen LogP contribution in [0.1, 0.15) is 11.5 Å². The minimum atomic E-state index is -0.302. The molecule has 0 atom stereocenters. The van der Waals surface area contributed by atoms with Crippen molar-refractivity contribution in [2.75, 3.05) is 0 Å². The van der Waals surface area contributed by atoms with Gasteiger partial charge in [0.1, 0.15) is 0 Å². The molecule has 0 radical (unpaired) electrons. The quantitative estimate of drug-likeness (QED) is 0.702. The summed E-state index contributed by atoms with van der Waals surface area (Å²) < 4.78 is 5.93. The van der Waals surface area contributed by atoms with Gasteiger partial charge in [0.15, 0.2) is 5.89 Å². The van der Waals surface area contributed by atoms with E-state index in [4.69, 9.17) is 4.42 Å². The number of hydrogen-bond donors (Lipinski definition) is 0. The Hall–Kier alpha value is -0.910. The third-order valence-corrected chi connectivity index (χ3v) is 2.92. The molecule has 1 aromatic carbocycles. The van der Waals surface area contributed by atoms with Crippen LogP contribution in [0.3, 0.4) is 0 Å². The fourth-order valence-corrected chi connectivity index (χ4v) is 1.97. The fraction of sp³-hybridized carbons (Fsp3) is 0.200. The summed E-state index contributed by atoms with van der Waals surface area (Å²) in [6.07, 6.45) is 0. The lowest BCUT2D eigenvalue weighted by Crippen LogP contribution is -2.05. The summed E-state index contributed by atoms with van der Waals surface area (Å²) in [7, 11) is 0. The summed E-state index contributed by atoms with van der Waals surface area (Å²) in [4.78, 5) is 15.8. The lowest BCUT2D eigenvalue weighted by Gasteiger charge is -2.02. The summed E-state index contributed by atoms with van der Waals surface area (Å²) in [6, 6.07) is 3.85. The first kappa shape index (κ1) is 9.64. The fourth-order valence-electron chi connectivity index (χ4n) is 1.40. The van der Waals surface area contributed by atoms with E-state index in [-0.39, 0.29) is 5.63 Å². The Morgan fingerprint density at radius 3 is 2.79 bits per heavy atom. The molecule has 0 N–H and O–H groups in total. The Labute approximate surface area is 94.3 Å². The van der Waals surface area contributed by atoms with E-state index in [2.05, 4.69) is 27.6 Å². The molecular formula is C10H8INO2. The van der Waals surface area contributed by atoms with Gasteiger partial charge in [0.05, 0.1) is 10.9 Å². The molecule has 0 bridgehead atoms. The smallest absolute Gasteiger partial charge is 0.347 e. The van der Waals surface area contributed by atoms with Crippen LogP contribution in [0.15, 0.2) is 21.3 Å². The first-order valence-electron chi connectivity index (χ1n) is 4.16. The molecule has 3 nitrogen and oxygen atoms in total. The van der Waals surface area contributed by atoms with E-state index in [0.717, 1.165) is 14.7 Å². The number of aromatic nitrogens is 1. The highest BCUT2D eigenvalue weighted by Crippen LogP contribution is 2.19. The van der Waals surface area contributed by atoms with Crippen molar-refractivity contribution in [3.8, 4) is 0 Å². The highest BCUT2D eigenvalue weighted by Gasteiger charge is 2.08. The van der Waals surface area contributed by atoms with E-state index in [1.807, 2.05) is 19.1 Å². The van der Waals surface area contributed by atoms with E-state index in [9.17, 15) is 4.79 Å². The van der Waals surface area contributed by atoms with Gasteiger partial charge < -0.3 is 4.42 Å². The molecule has 0 aliphatic rings. The lowest BCUT2D eigenvalue weighted by atomic mass is 10.1. The zero-order valence-corrected chi connectivity index (χ0v) is 9.95. The molecule has 0 aliphatic carbocycles. The molecule has 2 rings (SSSR count). The van der Waals surface area contributed by atoms with Crippen LogP contribution in [-0.2, 0) is 0 Å². The van der Waals surface area contributed by atoms with Crippen molar-refractivity contribution in [2.24, 2.45) is 0 Å². The molecule has 0 aliphatic heterocycles. The number of fused-ring (bicyclic) bond motifs is 1. The van der Waals surface area contributed by atoms with Gasteiger partial charge >= 0.3 is 5.63 Å². The van der Waals surface area contributed by atoms with Crippen LogP contribution < -0.4 is 5.63 Å². The van der Waals surface area contributed by atoms with Crippen molar-refractivity contribution in [2.45, 2.75) is 13.8 Å². The predicted octanol–water partition coefficient (Wildman–Crippen LogP) is 2.41. The van der Waals surface area contributed by atoms with Crippen LogP contribution in [0.25, 0.3) is 10.9 Å². The molecule has 2 aromatic rings. The summed E-state index contributed by atoms with van der Waals surface area (Å²) in [5, 5.41) is 0.586. The van der Waals surface area contributed by atoms with Crippen LogP contribution in [0.4, 0.5) is 0 Å². The summed E-state index contributed by atoms with van der Waals surface area (Å²) >= 11 is 2.17. The van der Waals surface area contributed by atoms with Gasteiger partial charge in [-0.1, -0.05) is 6.07 Å². The zero-order valence-electron chi connectivity index (χ0n) is 7.80. The average molecular weight is 301 g/mol. The van der Waals surface area contributed by atoms with E-state index in [0.29, 0.717) is 11.3 Å². The molecule has 0 unspecified atom stereocenters. The van der Waals surface area contributed by atoms with Crippen molar-refractivity contribution < 1.29 is 4.42 Å². The molecule has 1 heterocycles. The number of aryl methyl sites for hydroxylation is 2. The third kappa shape index (κ3) is 1.43. The van der Waals surface area contributed by atoms with E-state index in [1.54, 1.807) is 6.92 Å². The van der Waals surface area contributed by atoms with Crippen LogP contribution in [0, 0.1) is 17.4 Å². The number of benzene rings is 1. The van der Waals surface area contributed by atoms with Crippen LogP contribution in [-0.4, -0.2) is 4.98 Å². The van der Waals surface area contributed by atoms with Gasteiger partial charge in [0.2, 0.25) is 0 Å². The topological polar surface area (TPSA) is 43.1 Å². The van der Waals surface area contributed by atoms with Gasteiger partial charge in [-0.15, -0.1) is 0 Å². The third-order valence-electron chi connectivity index (χ3n) is 2.05. The molecule has 0 saturated carbocycles. The Bertz CT molecular complexity index is 560. The predicted molar refractivity (Wildman–Crippen MR) is 62.5 cm³/mol. The molecule has 4 heteroatoms. The van der Waals surface area contributed by atoms with Gasteiger partial charge in [0, 0.05) is 10.5 Å². The Morgan fingerprint density at radius 2 is 2.07 bits per heavy atom. The average Bonchev–Trinajstić information content (AvgIpc) is 2.10. The maximum absolute atomic E-state index is 11.6. The van der Waals surface area contributed by atoms with E-state index in [1.165, 1.54) is 0 Å². The Balaban J connectivity index is 3.08. The zero-order chi connectivity index (χ0) is 10.3. The summed E-state index contributed by atoms with van der Waals surface area (Å²) in [5.74, 6) is 0.408. The van der Waals surface area contributed by atoms with Crippen molar-refractivity contribution in [3.05, 3.63) is 37.6 Å². The molecule has 1 aromatic heterocycles. The second kappa shape index (κ2) is 3.34. The standard InChI is InChI=1S/C10H8INO2/c1-5-3-4-7(11)9-8(5)10(13)14-6(2)12-9/h3-4H,1-2H3. The van der Waals surface area contributed by atoms with Gasteiger partial charge in [0.25, 0.3) is 0 Å². The summed E-state index contributed by atoms with van der Waals surface area (Å²) in [6.45, 7) is 3.56. The molecule has 0 spiro atoms. The lowest BCUT2D eigenvalue weighted by molar-refractivity contribution is 0.466. The molecule has 0 amide bonds. The molecule has 0 saturated heterocycles. The van der Waals surface area contributed by atoms with Crippen LogP contribution in [0.5, 0.6) is 0 Å². The second-order valence-corrected chi connectivity index (χ2v) is 4.27. The molecule has 14 heavy (non-hydrogen) atoms. The maximum atomic E-state index is 11.6. The Kier molecular flexibility index (Phi) is 2.30. The minimum Gasteiger partial charge on any atom is -0.408 e. The first-order valence-corrected chi connectivity index (χ1v) is 5.24. The normalized spacial score (nSPS) is 10.8. The molecular weight excluding hydrogens is 293 g/mol. The van der Waals surface area contributed by atoms with Crippen molar-refractivity contribution in [3.63, 3.8) is 0 Å². The number of halogens is 1. The van der Waals surface area contributed by atoms with Gasteiger partial charge in [-0.25, -0.2) is 9.78 Å². The van der Waals surface area contributed by atoms with Crippen molar-refractivity contribution in [1.82, 2.24) is 4.98 Å². The van der Waals surface area contributed by atoms with E-state index < -0.39 is 0 Å². The largest absolute Gasteiger partial charge is 0.408 e. The van der Waals surface area contributed by atoms with Crippen molar-refractivity contribution >= 4 is 33.5 Å². The first-order chi connectivity index (χ1) is 6.59. The number of nitrogens with zero attached hydrogens (tertiary/aromatic N) is 1. The SMILES string of the molecule is Cc1nc2c(I)ccc(C)c2c(=O)o1. The Morgan fingerprint density at radius 1 is 1.36 bits per heavy atom. The van der Waals surface area contributed by atoms with E-state index >= 15 is 0 Å². The van der Waals surface area contributed by atoms with Gasteiger partial charge in [-0.3, -0.25) is 0 Å². The van der Waals surface area contributed by atoms with Gasteiger partial charge in [-0.05, 0) is 41.1 Å². The van der Waals surface area contributed by atoms with Crippen LogP contribution in [0.2, 0.25) is 0 Å². The number of rotatable bonds is 0. The highest BCUT2D eigenvalue weighted by atomic mass is 127. The highest BCUT2D eigenvalue weighted by molar-refractivity contribution is 14.1.